The Morgan fingerprint density at radius 3 is 2.25 bits per heavy atom. The number of fused-ring (bicyclic) bond motifs is 4. The Morgan fingerprint density at radius 2 is 1.53 bits per heavy atom. The number of benzene rings is 3. The van der Waals surface area contributed by atoms with Crippen LogP contribution >= 0.6 is 0 Å². The predicted molar refractivity (Wildman–Crippen MR) is 148 cm³/mol. The van der Waals surface area contributed by atoms with E-state index in [-0.39, 0.29) is 22.4 Å². The van der Waals surface area contributed by atoms with Crippen LogP contribution in [0.1, 0.15) is 58.2 Å². The third kappa shape index (κ3) is 2.83. The lowest BCUT2D eigenvalue weighted by Gasteiger charge is -2.31. The fourth-order valence-corrected chi connectivity index (χ4v) is 6.64. The average molecular weight is 474 g/mol. The summed E-state index contributed by atoms with van der Waals surface area (Å²) in [5, 5.41) is 17.2. The van der Waals surface area contributed by atoms with Crippen molar-refractivity contribution >= 4 is 28.3 Å². The second kappa shape index (κ2) is 7.33. The highest BCUT2D eigenvalue weighted by atomic mass is 16.3. The highest BCUT2D eigenvalue weighted by Crippen LogP contribution is 2.51. The number of para-hydroxylation sites is 1. The number of rotatable bonds is 2. The molecule has 3 nitrogen and oxygen atoms in total. The van der Waals surface area contributed by atoms with E-state index >= 15 is 0 Å². The molecule has 0 amide bonds. The van der Waals surface area contributed by atoms with E-state index in [1.807, 2.05) is 26.0 Å². The molecule has 3 aromatic rings. The van der Waals surface area contributed by atoms with Gasteiger partial charge in [0.05, 0.1) is 11.1 Å². The van der Waals surface area contributed by atoms with Crippen LogP contribution in [0.15, 0.2) is 100.0 Å². The van der Waals surface area contributed by atoms with Crippen molar-refractivity contribution in [1.29, 1.82) is 0 Å². The Labute approximate surface area is 212 Å². The molecule has 0 fully saturated rings. The van der Waals surface area contributed by atoms with Crippen molar-refractivity contribution in [3.05, 3.63) is 117 Å². The zero-order valence-electron chi connectivity index (χ0n) is 21.7. The average Bonchev–Trinajstić information content (AvgIpc) is 3.28. The summed E-state index contributed by atoms with van der Waals surface area (Å²) in [6.07, 6.45) is 2.19. The summed E-state index contributed by atoms with van der Waals surface area (Å²) >= 11 is 0. The molecule has 2 N–H and O–H groups in total. The molecule has 36 heavy (non-hydrogen) atoms. The number of anilines is 1. The number of carbonyl (C=O) groups excluding carboxylic acids is 1. The number of Topliss-reactive ketones (excluding diaryl/α,β-unsaturated/α-hetero) is 1. The molecule has 180 valence electrons. The third-order valence-corrected chi connectivity index (χ3v) is 8.50. The molecule has 0 bridgehead atoms. The Hall–Kier alpha value is -3.85. The molecule has 3 aliphatic rings. The maximum atomic E-state index is 13.6. The van der Waals surface area contributed by atoms with Gasteiger partial charge in [0.2, 0.25) is 5.78 Å². The second-order valence-electron chi connectivity index (χ2n) is 11.3. The first-order valence-corrected chi connectivity index (χ1v) is 12.6. The molecule has 3 heteroatoms. The lowest BCUT2D eigenvalue weighted by Crippen LogP contribution is -2.29. The monoisotopic (exact) mass is 473 g/mol. The number of hydrogen-bond donors (Lipinski definition) is 2. The lowest BCUT2D eigenvalue weighted by molar-refractivity contribution is -0.113. The molecule has 3 aromatic carbocycles. The first-order valence-electron chi connectivity index (χ1n) is 12.6. The van der Waals surface area contributed by atoms with Crippen LogP contribution in [0.25, 0.3) is 16.8 Å². The van der Waals surface area contributed by atoms with Crippen molar-refractivity contribution in [2.45, 2.75) is 52.4 Å². The summed E-state index contributed by atoms with van der Waals surface area (Å²) in [6.45, 7) is 12.6. The van der Waals surface area contributed by atoms with Crippen LogP contribution in [-0.2, 0) is 15.6 Å². The summed E-state index contributed by atoms with van der Waals surface area (Å²) in [5.41, 5.74) is 8.72. The highest BCUT2D eigenvalue weighted by molar-refractivity contribution is 6.22. The van der Waals surface area contributed by atoms with E-state index in [0.717, 1.165) is 28.1 Å². The highest BCUT2D eigenvalue weighted by Gasteiger charge is 2.44. The van der Waals surface area contributed by atoms with Gasteiger partial charge in [0.1, 0.15) is 5.76 Å². The molecule has 0 saturated heterocycles. The Morgan fingerprint density at radius 1 is 0.833 bits per heavy atom. The molecule has 0 unspecified atom stereocenters. The van der Waals surface area contributed by atoms with Gasteiger partial charge >= 0.3 is 0 Å². The Kier molecular flexibility index (Phi) is 4.60. The summed E-state index contributed by atoms with van der Waals surface area (Å²) < 4.78 is 0. The van der Waals surface area contributed by atoms with Gasteiger partial charge < -0.3 is 10.4 Å². The Bertz CT molecular complexity index is 1640. The minimum Gasteiger partial charge on any atom is -0.506 e. The van der Waals surface area contributed by atoms with Gasteiger partial charge in [-0.05, 0) is 64.1 Å². The van der Waals surface area contributed by atoms with E-state index in [9.17, 15) is 9.90 Å². The molecule has 0 saturated carbocycles. The number of carbonyl (C=O) groups is 1. The second-order valence-corrected chi connectivity index (χ2v) is 11.3. The predicted octanol–water partition coefficient (Wildman–Crippen LogP) is 7.90. The summed E-state index contributed by atoms with van der Waals surface area (Å²) in [6, 6.07) is 21.0. The van der Waals surface area contributed by atoms with Gasteiger partial charge in [-0.1, -0.05) is 88.4 Å². The van der Waals surface area contributed by atoms with Crippen molar-refractivity contribution in [2.24, 2.45) is 0 Å². The lowest BCUT2D eigenvalue weighted by atomic mass is 9.72. The molecule has 1 heterocycles. The van der Waals surface area contributed by atoms with Gasteiger partial charge in [-0.15, -0.1) is 0 Å². The summed E-state index contributed by atoms with van der Waals surface area (Å²) in [5.74, 6) is 0.0228. The quantitative estimate of drug-likeness (QED) is 0.372. The summed E-state index contributed by atoms with van der Waals surface area (Å²) in [7, 11) is 0. The van der Waals surface area contributed by atoms with Gasteiger partial charge in [0, 0.05) is 22.2 Å². The molecule has 1 aliphatic heterocycles. The van der Waals surface area contributed by atoms with Crippen molar-refractivity contribution in [1.82, 2.24) is 0 Å². The van der Waals surface area contributed by atoms with E-state index in [1.165, 1.54) is 27.5 Å². The van der Waals surface area contributed by atoms with Crippen molar-refractivity contribution < 1.29 is 9.90 Å². The van der Waals surface area contributed by atoms with Crippen LogP contribution in [0.3, 0.4) is 0 Å². The fourth-order valence-electron chi connectivity index (χ4n) is 6.64. The SMILES string of the molecule is C/C(C1=Cc2ccc3ccccc3c2C1(C)C)=C1/C(=O)C(C(/C)=C2/Nc3ccccc3C2(C)C)=C1O. The molecular formula is C33H31NO2. The van der Waals surface area contributed by atoms with Gasteiger partial charge in [0.15, 0.2) is 0 Å². The van der Waals surface area contributed by atoms with Gasteiger partial charge in [-0.25, -0.2) is 0 Å². The van der Waals surface area contributed by atoms with Crippen molar-refractivity contribution in [3.8, 4) is 0 Å². The molecule has 0 atom stereocenters. The molecule has 6 rings (SSSR count). The smallest absolute Gasteiger partial charge is 0.201 e. The number of hydrogen-bond acceptors (Lipinski definition) is 3. The standard InChI is InChI=1S/C33H31NO2/c1-18(24-17-21-16-15-20-11-7-8-12-22(20)28(21)32(24,3)4)26-29(35)27(30(26)36)19(2)31-33(5,6)23-13-9-10-14-25(23)34-31/h7-17,34-35H,1-6H3/b26-18-,31-19+. The zero-order valence-corrected chi connectivity index (χ0v) is 21.7. The minimum absolute atomic E-state index is 0.0823. The molecule has 0 spiro atoms. The number of nitrogens with one attached hydrogen (secondary N) is 1. The maximum absolute atomic E-state index is 13.6. The van der Waals surface area contributed by atoms with Crippen LogP contribution in [0, 0.1) is 0 Å². The molecule has 0 aromatic heterocycles. The van der Waals surface area contributed by atoms with E-state index < -0.39 is 0 Å². The number of aliphatic hydroxyl groups is 1. The number of aliphatic hydroxyl groups excluding tert-OH is 1. The number of allylic oxidation sites excluding steroid dienone is 6. The van der Waals surface area contributed by atoms with Crippen LogP contribution in [0.2, 0.25) is 0 Å². The van der Waals surface area contributed by atoms with Gasteiger partial charge in [-0.2, -0.15) is 0 Å². The van der Waals surface area contributed by atoms with Crippen molar-refractivity contribution in [2.75, 3.05) is 5.32 Å². The first kappa shape index (κ1) is 22.6. The Balaban J connectivity index is 1.44. The van der Waals surface area contributed by atoms with Crippen LogP contribution in [0.5, 0.6) is 0 Å². The van der Waals surface area contributed by atoms with Crippen LogP contribution in [-0.4, -0.2) is 10.9 Å². The third-order valence-electron chi connectivity index (χ3n) is 8.50. The number of ketones is 1. The van der Waals surface area contributed by atoms with Gasteiger partial charge in [-0.3, -0.25) is 4.79 Å². The van der Waals surface area contributed by atoms with E-state index in [0.29, 0.717) is 11.1 Å². The van der Waals surface area contributed by atoms with Gasteiger partial charge in [0.25, 0.3) is 0 Å². The first-order chi connectivity index (χ1) is 17.0. The molecule has 0 radical (unpaired) electrons. The molecule has 2 aliphatic carbocycles. The zero-order chi connectivity index (χ0) is 25.6. The van der Waals surface area contributed by atoms with Crippen molar-refractivity contribution in [3.63, 3.8) is 0 Å². The maximum Gasteiger partial charge on any atom is 0.201 e. The van der Waals surface area contributed by atoms with E-state index in [1.54, 1.807) is 0 Å². The van der Waals surface area contributed by atoms with Crippen LogP contribution < -0.4 is 5.32 Å². The van der Waals surface area contributed by atoms with Crippen LogP contribution in [0.4, 0.5) is 5.69 Å². The summed E-state index contributed by atoms with van der Waals surface area (Å²) in [4.78, 5) is 13.6. The minimum atomic E-state index is -0.284. The topological polar surface area (TPSA) is 49.3 Å². The fraction of sp³-hybridized carbons (Fsp3) is 0.242. The van der Waals surface area contributed by atoms with E-state index in [2.05, 4.69) is 87.6 Å². The molecular weight excluding hydrogens is 442 g/mol. The largest absolute Gasteiger partial charge is 0.506 e. The van der Waals surface area contributed by atoms with E-state index in [4.69, 9.17) is 0 Å². The normalized spacial score (nSPS) is 22.1.